The number of aromatic hydroxyl groups is 1. The fourth-order valence-corrected chi connectivity index (χ4v) is 3.40. The Kier molecular flexibility index (Phi) is 5.10. The highest BCUT2D eigenvalue weighted by atomic mass is 79.9. The van der Waals surface area contributed by atoms with Crippen molar-refractivity contribution in [2.45, 2.75) is 0 Å². The summed E-state index contributed by atoms with van der Waals surface area (Å²) in [7, 11) is 1.45. The number of ether oxygens (including phenoxy) is 1. The molecule has 1 aliphatic rings. The molecule has 1 heterocycles. The van der Waals surface area contributed by atoms with Gasteiger partial charge in [0.05, 0.1) is 17.7 Å². The highest BCUT2D eigenvalue weighted by Gasteiger charge is 2.24. The van der Waals surface area contributed by atoms with E-state index in [1.165, 1.54) is 31.4 Å². The predicted molar refractivity (Wildman–Crippen MR) is 99.6 cm³/mol. The molecule has 0 atom stereocenters. The second kappa shape index (κ2) is 7.28. The third-order valence-electron chi connectivity index (χ3n) is 3.28. The first-order chi connectivity index (χ1) is 12.0. The molecule has 2 N–H and O–H groups in total. The van der Waals surface area contributed by atoms with Gasteiger partial charge in [-0.25, -0.2) is 9.38 Å². The molecule has 3 rings (SSSR count). The first kappa shape index (κ1) is 17.5. The van der Waals surface area contributed by atoms with Crippen LogP contribution in [0.1, 0.15) is 5.56 Å². The lowest BCUT2D eigenvalue weighted by Crippen LogP contribution is -2.19. The predicted octanol–water partition coefficient (Wildman–Crippen LogP) is 4.19. The van der Waals surface area contributed by atoms with Crippen molar-refractivity contribution in [1.29, 1.82) is 0 Å². The Morgan fingerprint density at radius 2 is 2.04 bits per heavy atom. The zero-order valence-electron chi connectivity index (χ0n) is 12.9. The van der Waals surface area contributed by atoms with Gasteiger partial charge in [0.2, 0.25) is 0 Å². The number of amides is 1. The van der Waals surface area contributed by atoms with Gasteiger partial charge in [-0.15, -0.1) is 0 Å². The van der Waals surface area contributed by atoms with Gasteiger partial charge in [-0.1, -0.05) is 15.9 Å². The summed E-state index contributed by atoms with van der Waals surface area (Å²) in [5.74, 6) is -0.448. The molecule has 0 aliphatic carbocycles. The Morgan fingerprint density at radius 1 is 1.32 bits per heavy atom. The molecule has 2 aromatic rings. The van der Waals surface area contributed by atoms with Crippen LogP contribution >= 0.6 is 27.7 Å². The van der Waals surface area contributed by atoms with E-state index in [0.29, 0.717) is 31.5 Å². The van der Waals surface area contributed by atoms with E-state index >= 15 is 0 Å². The average Bonchev–Trinajstić information content (AvgIpc) is 2.92. The van der Waals surface area contributed by atoms with Crippen molar-refractivity contribution in [2.75, 3.05) is 7.11 Å². The summed E-state index contributed by atoms with van der Waals surface area (Å²) in [6.07, 6.45) is 1.55. The third-order valence-corrected chi connectivity index (χ3v) is 4.65. The van der Waals surface area contributed by atoms with Gasteiger partial charge in [-0.2, -0.15) is 0 Å². The molecular weight excluding hydrogens is 411 g/mol. The van der Waals surface area contributed by atoms with Crippen LogP contribution in [0.3, 0.4) is 0 Å². The lowest BCUT2D eigenvalue weighted by atomic mass is 10.1. The fourth-order valence-electron chi connectivity index (χ4n) is 2.11. The van der Waals surface area contributed by atoms with Crippen LogP contribution < -0.4 is 10.1 Å². The molecule has 0 aromatic heterocycles. The Balaban J connectivity index is 1.89. The molecule has 128 valence electrons. The van der Waals surface area contributed by atoms with Crippen molar-refractivity contribution < 1.29 is 19.0 Å². The summed E-state index contributed by atoms with van der Waals surface area (Å²) >= 11 is 4.46. The van der Waals surface area contributed by atoms with Crippen LogP contribution in [-0.4, -0.2) is 23.3 Å². The Morgan fingerprint density at radius 3 is 2.72 bits per heavy atom. The van der Waals surface area contributed by atoms with Crippen molar-refractivity contribution in [2.24, 2.45) is 4.99 Å². The number of aliphatic imine (C=N–C) groups is 1. The number of phenols is 1. The molecular formula is C17H12BrFN2O3S. The smallest absolute Gasteiger partial charge is 0.264 e. The van der Waals surface area contributed by atoms with E-state index < -0.39 is 0 Å². The van der Waals surface area contributed by atoms with Crippen LogP contribution in [0.15, 0.2) is 50.8 Å². The number of phenolic OH excluding ortho intramolecular Hbond substituents is 1. The number of hydrogen-bond donors (Lipinski definition) is 2. The van der Waals surface area contributed by atoms with E-state index in [4.69, 9.17) is 4.74 Å². The topological polar surface area (TPSA) is 70.9 Å². The molecule has 1 aliphatic heterocycles. The number of hydrogen-bond acceptors (Lipinski definition) is 5. The molecule has 25 heavy (non-hydrogen) atoms. The molecule has 0 saturated carbocycles. The number of thioether (sulfide) groups is 1. The molecule has 1 fully saturated rings. The molecule has 0 spiro atoms. The molecule has 0 unspecified atom stereocenters. The SMILES string of the molecule is COc1cc(Br)cc(/C=C2/SC(=Nc3ccc(F)cc3)NC2=O)c1O. The quantitative estimate of drug-likeness (QED) is 0.727. The van der Waals surface area contributed by atoms with Crippen molar-refractivity contribution in [3.05, 3.63) is 57.2 Å². The summed E-state index contributed by atoms with van der Waals surface area (Å²) in [5, 5.41) is 13.2. The monoisotopic (exact) mass is 422 g/mol. The maximum Gasteiger partial charge on any atom is 0.264 e. The summed E-state index contributed by atoms with van der Waals surface area (Å²) in [4.78, 5) is 16.7. The largest absolute Gasteiger partial charge is 0.504 e. The van der Waals surface area contributed by atoms with Crippen LogP contribution in [0.2, 0.25) is 0 Å². The van der Waals surface area contributed by atoms with E-state index in [-0.39, 0.29) is 17.5 Å². The van der Waals surface area contributed by atoms with Gasteiger partial charge < -0.3 is 15.2 Å². The zero-order valence-corrected chi connectivity index (χ0v) is 15.3. The number of amidine groups is 1. The summed E-state index contributed by atoms with van der Waals surface area (Å²) in [5.41, 5.74) is 0.962. The number of benzene rings is 2. The first-order valence-electron chi connectivity index (χ1n) is 7.08. The van der Waals surface area contributed by atoms with E-state index in [0.717, 1.165) is 11.8 Å². The summed E-state index contributed by atoms with van der Waals surface area (Å²) < 4.78 is 18.7. The van der Waals surface area contributed by atoms with Crippen LogP contribution in [0.5, 0.6) is 11.5 Å². The van der Waals surface area contributed by atoms with Gasteiger partial charge in [-0.3, -0.25) is 4.79 Å². The number of halogens is 2. The van der Waals surface area contributed by atoms with Gasteiger partial charge >= 0.3 is 0 Å². The fraction of sp³-hybridized carbons (Fsp3) is 0.0588. The van der Waals surface area contributed by atoms with Crippen molar-refractivity contribution in [3.8, 4) is 11.5 Å². The molecule has 0 radical (unpaired) electrons. The lowest BCUT2D eigenvalue weighted by molar-refractivity contribution is -0.115. The molecule has 1 amide bonds. The highest BCUT2D eigenvalue weighted by Crippen LogP contribution is 2.37. The number of nitrogens with zero attached hydrogens (tertiary/aromatic N) is 1. The number of carbonyl (C=O) groups is 1. The van der Waals surface area contributed by atoms with Crippen molar-refractivity contribution in [3.63, 3.8) is 0 Å². The molecule has 5 nitrogen and oxygen atoms in total. The summed E-state index contributed by atoms with van der Waals surface area (Å²) in [6, 6.07) is 8.92. The zero-order chi connectivity index (χ0) is 18.0. The standard InChI is InChI=1S/C17H12BrFN2O3S/c1-24-13-8-10(18)6-9(15(13)22)7-14-16(23)21-17(25-14)20-12-4-2-11(19)3-5-12/h2-8,22H,1H3,(H,20,21,23)/b14-7+. The summed E-state index contributed by atoms with van der Waals surface area (Å²) in [6.45, 7) is 0. The van der Waals surface area contributed by atoms with Gasteiger partial charge in [0.25, 0.3) is 5.91 Å². The maximum atomic E-state index is 12.9. The van der Waals surface area contributed by atoms with E-state index in [1.54, 1.807) is 18.2 Å². The van der Waals surface area contributed by atoms with Crippen LogP contribution in [-0.2, 0) is 4.79 Å². The van der Waals surface area contributed by atoms with Crippen LogP contribution in [0.25, 0.3) is 6.08 Å². The number of carbonyl (C=O) groups excluding carboxylic acids is 1. The second-order valence-electron chi connectivity index (χ2n) is 5.00. The molecule has 1 saturated heterocycles. The normalized spacial score (nSPS) is 17.2. The minimum atomic E-state index is -0.355. The molecule has 0 bridgehead atoms. The van der Waals surface area contributed by atoms with Gasteiger partial charge in [0.15, 0.2) is 16.7 Å². The number of rotatable bonds is 3. The third kappa shape index (κ3) is 4.02. The Bertz CT molecular complexity index is 898. The highest BCUT2D eigenvalue weighted by molar-refractivity contribution is 9.10. The first-order valence-corrected chi connectivity index (χ1v) is 8.69. The van der Waals surface area contributed by atoms with Crippen LogP contribution in [0, 0.1) is 5.82 Å². The van der Waals surface area contributed by atoms with Gasteiger partial charge in [0, 0.05) is 10.0 Å². The lowest BCUT2D eigenvalue weighted by Gasteiger charge is -2.07. The minimum absolute atomic E-state index is 0.0597. The second-order valence-corrected chi connectivity index (χ2v) is 6.95. The molecule has 8 heteroatoms. The molecule has 2 aromatic carbocycles. The number of methoxy groups -OCH3 is 1. The van der Waals surface area contributed by atoms with E-state index in [9.17, 15) is 14.3 Å². The average molecular weight is 423 g/mol. The van der Waals surface area contributed by atoms with Crippen LogP contribution in [0.4, 0.5) is 10.1 Å². The minimum Gasteiger partial charge on any atom is -0.504 e. The number of nitrogens with one attached hydrogen (secondary N) is 1. The van der Waals surface area contributed by atoms with E-state index in [2.05, 4.69) is 26.2 Å². The van der Waals surface area contributed by atoms with E-state index in [1.807, 2.05) is 0 Å². The van der Waals surface area contributed by atoms with Crippen molar-refractivity contribution in [1.82, 2.24) is 5.32 Å². The Hall–Kier alpha value is -2.32. The van der Waals surface area contributed by atoms with Gasteiger partial charge in [-0.05, 0) is 54.2 Å². The van der Waals surface area contributed by atoms with Crippen molar-refractivity contribution >= 4 is 50.5 Å². The van der Waals surface area contributed by atoms with Gasteiger partial charge in [0.1, 0.15) is 5.82 Å². The Labute approximate surface area is 155 Å². The maximum absolute atomic E-state index is 12.9.